The number of carbonyl (C=O) groups is 2. The summed E-state index contributed by atoms with van der Waals surface area (Å²) in [4.78, 5) is 31.7. The van der Waals surface area contributed by atoms with Gasteiger partial charge in [0.05, 0.1) is 18.7 Å². The molecule has 0 aromatic heterocycles. The molecule has 2 aliphatic heterocycles. The van der Waals surface area contributed by atoms with Crippen molar-refractivity contribution in [1.82, 2.24) is 20.0 Å². The van der Waals surface area contributed by atoms with E-state index in [9.17, 15) is 18.4 Å². The second-order valence-electron chi connectivity index (χ2n) is 11.4. The summed E-state index contributed by atoms with van der Waals surface area (Å²) >= 11 is 0. The highest BCUT2D eigenvalue weighted by molar-refractivity contribution is 5.94. The molecule has 2 aliphatic rings. The molecular formula is C33H39ClF2N4O3. The number of likely N-dealkylation sites (tertiary alicyclic amines) is 1. The standard InChI is InChI=1S/C33H38F2N4O3.ClH/c1-37(2)31(41)36-32(26-11-7-4-8-12-26)15-18-38(19-16-32)20-17-33(27-13-14-28(34)29(35)23-27)24-39(21-22-42-33)30(40)25-9-5-3-6-10-25;/h3-14,23H,15-22,24H2,1-2H3,(H,36,41);1H/t33-;/m0./s1. The van der Waals surface area contributed by atoms with Crippen LogP contribution in [0.3, 0.4) is 0 Å². The van der Waals surface area contributed by atoms with Gasteiger partial charge in [-0.05, 0) is 54.7 Å². The van der Waals surface area contributed by atoms with Crippen LogP contribution in [-0.2, 0) is 15.9 Å². The molecule has 7 nitrogen and oxygen atoms in total. The molecule has 2 saturated heterocycles. The Morgan fingerprint density at radius 2 is 1.53 bits per heavy atom. The maximum absolute atomic E-state index is 14.5. The maximum atomic E-state index is 14.5. The maximum Gasteiger partial charge on any atom is 0.317 e. The number of ether oxygens (including phenoxy) is 1. The van der Waals surface area contributed by atoms with Crippen LogP contribution in [-0.4, -0.2) is 80.1 Å². The van der Waals surface area contributed by atoms with E-state index in [2.05, 4.69) is 22.3 Å². The molecule has 1 atom stereocenters. The molecular weight excluding hydrogens is 574 g/mol. The number of hydrogen-bond donors (Lipinski definition) is 1. The molecule has 5 rings (SSSR count). The van der Waals surface area contributed by atoms with Gasteiger partial charge in [-0.3, -0.25) is 4.79 Å². The normalized spacial score (nSPS) is 20.1. The SMILES string of the molecule is CN(C)C(=O)NC1(c2ccccc2)CCN(CC[C@@]2(c3ccc(F)c(F)c3)CN(C(=O)c3ccccc3)CCO2)CC1.Cl. The quantitative estimate of drug-likeness (QED) is 0.388. The lowest BCUT2D eigenvalue weighted by atomic mass is 9.80. The summed E-state index contributed by atoms with van der Waals surface area (Å²) in [5.74, 6) is -1.98. The molecule has 43 heavy (non-hydrogen) atoms. The lowest BCUT2D eigenvalue weighted by Gasteiger charge is -2.46. The molecule has 0 unspecified atom stereocenters. The van der Waals surface area contributed by atoms with Crippen molar-refractivity contribution in [2.24, 2.45) is 0 Å². The Balaban J connectivity index is 0.00000423. The molecule has 10 heteroatoms. The number of urea groups is 1. The van der Waals surface area contributed by atoms with Crippen LogP contribution >= 0.6 is 12.4 Å². The first-order valence-electron chi connectivity index (χ1n) is 14.4. The summed E-state index contributed by atoms with van der Waals surface area (Å²) in [7, 11) is 3.47. The van der Waals surface area contributed by atoms with Crippen molar-refractivity contribution in [3.63, 3.8) is 0 Å². The second-order valence-corrected chi connectivity index (χ2v) is 11.4. The van der Waals surface area contributed by atoms with Gasteiger partial charge in [0.15, 0.2) is 11.6 Å². The van der Waals surface area contributed by atoms with Crippen LogP contribution in [0.25, 0.3) is 0 Å². The number of carbonyl (C=O) groups excluding carboxylic acids is 2. The van der Waals surface area contributed by atoms with E-state index in [4.69, 9.17) is 4.74 Å². The predicted octanol–water partition coefficient (Wildman–Crippen LogP) is 5.41. The van der Waals surface area contributed by atoms with Gasteiger partial charge in [-0.15, -0.1) is 12.4 Å². The van der Waals surface area contributed by atoms with Crippen molar-refractivity contribution < 1.29 is 23.1 Å². The molecule has 2 heterocycles. The average Bonchev–Trinajstić information content (AvgIpc) is 3.02. The van der Waals surface area contributed by atoms with Gasteiger partial charge in [-0.25, -0.2) is 13.6 Å². The summed E-state index contributed by atoms with van der Waals surface area (Å²) in [6.45, 7) is 3.00. The first-order valence-corrected chi connectivity index (χ1v) is 14.4. The van der Waals surface area contributed by atoms with E-state index in [1.165, 1.54) is 6.07 Å². The van der Waals surface area contributed by atoms with Crippen LogP contribution < -0.4 is 5.32 Å². The van der Waals surface area contributed by atoms with Crippen LogP contribution in [0.5, 0.6) is 0 Å². The monoisotopic (exact) mass is 612 g/mol. The first kappa shape index (κ1) is 32.4. The zero-order chi connectivity index (χ0) is 29.7. The van der Waals surface area contributed by atoms with E-state index in [0.717, 1.165) is 24.7 Å². The Morgan fingerprint density at radius 1 is 0.884 bits per heavy atom. The van der Waals surface area contributed by atoms with Crippen molar-refractivity contribution in [2.45, 2.75) is 30.4 Å². The second kappa shape index (κ2) is 13.8. The van der Waals surface area contributed by atoms with Crippen molar-refractivity contribution in [1.29, 1.82) is 0 Å². The fourth-order valence-electron chi connectivity index (χ4n) is 6.03. The van der Waals surface area contributed by atoms with E-state index >= 15 is 0 Å². The smallest absolute Gasteiger partial charge is 0.317 e. The van der Waals surface area contributed by atoms with E-state index in [1.54, 1.807) is 42.1 Å². The average molecular weight is 613 g/mol. The van der Waals surface area contributed by atoms with Crippen molar-refractivity contribution in [2.75, 3.05) is 53.4 Å². The Bertz CT molecular complexity index is 1390. The van der Waals surface area contributed by atoms with Gasteiger partial charge in [0.25, 0.3) is 5.91 Å². The highest BCUT2D eigenvalue weighted by Gasteiger charge is 2.42. The van der Waals surface area contributed by atoms with Gasteiger partial charge in [0.1, 0.15) is 5.60 Å². The Kier molecular flexibility index (Phi) is 10.4. The lowest BCUT2D eigenvalue weighted by molar-refractivity contribution is -0.114. The Labute approximate surface area is 258 Å². The third-order valence-corrected chi connectivity index (χ3v) is 8.56. The van der Waals surface area contributed by atoms with Crippen LogP contribution in [0.1, 0.15) is 40.7 Å². The molecule has 0 bridgehead atoms. The third kappa shape index (κ3) is 7.17. The first-order chi connectivity index (χ1) is 20.2. The molecule has 2 fully saturated rings. The summed E-state index contributed by atoms with van der Waals surface area (Å²) in [6.07, 6.45) is 1.92. The number of nitrogens with one attached hydrogen (secondary N) is 1. The topological polar surface area (TPSA) is 65.1 Å². The summed E-state index contributed by atoms with van der Waals surface area (Å²) in [5, 5.41) is 3.27. The van der Waals surface area contributed by atoms with Gasteiger partial charge in [0.2, 0.25) is 0 Å². The summed E-state index contributed by atoms with van der Waals surface area (Å²) < 4.78 is 34.8. The van der Waals surface area contributed by atoms with Crippen LogP contribution in [0.4, 0.5) is 13.6 Å². The molecule has 0 radical (unpaired) electrons. The number of nitrogens with zero attached hydrogens (tertiary/aromatic N) is 3. The molecule has 1 N–H and O–H groups in total. The fourth-order valence-corrected chi connectivity index (χ4v) is 6.03. The number of hydrogen-bond acceptors (Lipinski definition) is 4. The molecule has 3 aromatic rings. The third-order valence-electron chi connectivity index (χ3n) is 8.56. The van der Waals surface area contributed by atoms with Gasteiger partial charge in [-0.1, -0.05) is 54.6 Å². The highest BCUT2D eigenvalue weighted by atomic mass is 35.5. The summed E-state index contributed by atoms with van der Waals surface area (Å²) in [6, 6.07) is 22.8. The van der Waals surface area contributed by atoms with Gasteiger partial charge >= 0.3 is 6.03 Å². The van der Waals surface area contributed by atoms with Crippen molar-refractivity contribution in [3.05, 3.63) is 107 Å². The van der Waals surface area contributed by atoms with Crippen molar-refractivity contribution in [3.8, 4) is 0 Å². The number of halogens is 3. The van der Waals surface area contributed by atoms with E-state index in [0.29, 0.717) is 43.5 Å². The number of piperidine rings is 1. The minimum atomic E-state index is -0.996. The fraction of sp³-hybridized carbons (Fsp3) is 0.394. The van der Waals surface area contributed by atoms with E-state index < -0.39 is 22.8 Å². The number of rotatable bonds is 7. The van der Waals surface area contributed by atoms with E-state index in [-0.39, 0.29) is 37.5 Å². The van der Waals surface area contributed by atoms with Crippen LogP contribution in [0, 0.1) is 11.6 Å². The van der Waals surface area contributed by atoms with Crippen LogP contribution in [0.15, 0.2) is 78.9 Å². The zero-order valence-electron chi connectivity index (χ0n) is 24.6. The minimum absolute atomic E-state index is 0. The van der Waals surface area contributed by atoms with Gasteiger partial charge < -0.3 is 24.8 Å². The number of benzene rings is 3. The lowest BCUT2D eigenvalue weighted by Crippen LogP contribution is -2.56. The molecule has 3 aromatic carbocycles. The minimum Gasteiger partial charge on any atom is -0.367 e. The number of morpholine rings is 1. The largest absolute Gasteiger partial charge is 0.367 e. The van der Waals surface area contributed by atoms with Gasteiger partial charge in [-0.2, -0.15) is 0 Å². The predicted molar refractivity (Wildman–Crippen MR) is 164 cm³/mol. The molecule has 0 saturated carbocycles. The molecule has 0 aliphatic carbocycles. The van der Waals surface area contributed by atoms with E-state index in [1.807, 2.05) is 36.4 Å². The van der Waals surface area contributed by atoms with Crippen LogP contribution in [0.2, 0.25) is 0 Å². The van der Waals surface area contributed by atoms with Crippen molar-refractivity contribution >= 4 is 24.3 Å². The highest BCUT2D eigenvalue weighted by Crippen LogP contribution is 2.37. The Hall–Kier alpha value is -3.53. The molecule has 3 amide bonds. The molecule has 0 spiro atoms. The summed E-state index contributed by atoms with van der Waals surface area (Å²) in [5.41, 5.74) is 0.679. The Morgan fingerprint density at radius 3 is 2.16 bits per heavy atom. The molecule has 230 valence electrons. The zero-order valence-corrected chi connectivity index (χ0v) is 25.4. The number of amides is 3. The van der Waals surface area contributed by atoms with Gasteiger partial charge in [0, 0.05) is 45.8 Å².